The molecule has 0 spiro atoms. The number of nitrogens with two attached hydrogens (primary N) is 2. The van der Waals surface area contributed by atoms with Crippen LogP contribution in [-0.4, -0.2) is 29.2 Å². The molecular formula is C18H17N3O4. The number of amides is 2. The van der Waals surface area contributed by atoms with Crippen molar-refractivity contribution in [2.45, 2.75) is 12.0 Å². The second-order valence-electron chi connectivity index (χ2n) is 5.96. The molecule has 1 aliphatic rings. The number of ketones is 1. The summed E-state index contributed by atoms with van der Waals surface area (Å²) in [5, 5.41) is 11.0. The molecule has 0 aromatic heterocycles. The summed E-state index contributed by atoms with van der Waals surface area (Å²) in [7, 11) is 0. The van der Waals surface area contributed by atoms with Crippen molar-refractivity contribution in [3.8, 4) is 0 Å². The third-order valence-electron chi connectivity index (χ3n) is 4.18. The van der Waals surface area contributed by atoms with Gasteiger partial charge in [0.05, 0.1) is 12.1 Å². The number of primary amides is 1. The molecule has 128 valence electrons. The molecule has 0 aliphatic carbocycles. The van der Waals surface area contributed by atoms with Crippen molar-refractivity contribution in [3.05, 3.63) is 59.7 Å². The lowest BCUT2D eigenvalue weighted by atomic mass is 9.88. The van der Waals surface area contributed by atoms with Gasteiger partial charge in [-0.2, -0.15) is 0 Å². The number of nitrogens with zero attached hydrogens (tertiary/aromatic N) is 1. The van der Waals surface area contributed by atoms with Crippen LogP contribution in [0.3, 0.4) is 0 Å². The molecule has 0 bridgehead atoms. The highest BCUT2D eigenvalue weighted by Crippen LogP contribution is 2.42. The van der Waals surface area contributed by atoms with Gasteiger partial charge in [-0.3, -0.25) is 19.3 Å². The largest absolute Gasteiger partial charge is 0.399 e. The number of para-hydroxylation sites is 1. The van der Waals surface area contributed by atoms with E-state index in [2.05, 4.69) is 0 Å². The van der Waals surface area contributed by atoms with E-state index in [1.165, 1.54) is 6.07 Å². The third kappa shape index (κ3) is 2.85. The van der Waals surface area contributed by atoms with Gasteiger partial charge in [0.15, 0.2) is 11.4 Å². The minimum atomic E-state index is -2.05. The average molecular weight is 339 g/mol. The number of hydrogen-bond donors (Lipinski definition) is 3. The van der Waals surface area contributed by atoms with Gasteiger partial charge in [0.2, 0.25) is 5.91 Å². The quantitative estimate of drug-likeness (QED) is 0.542. The Kier molecular flexibility index (Phi) is 4.02. The molecule has 7 nitrogen and oxygen atoms in total. The van der Waals surface area contributed by atoms with E-state index in [-0.39, 0.29) is 12.1 Å². The van der Waals surface area contributed by atoms with Crippen LogP contribution in [0.5, 0.6) is 0 Å². The minimum Gasteiger partial charge on any atom is -0.399 e. The number of benzene rings is 2. The molecular weight excluding hydrogens is 322 g/mol. The summed E-state index contributed by atoms with van der Waals surface area (Å²) in [6.45, 7) is -0.370. The van der Waals surface area contributed by atoms with Crippen molar-refractivity contribution in [1.29, 1.82) is 0 Å². The summed E-state index contributed by atoms with van der Waals surface area (Å²) in [5.74, 6) is -1.89. The zero-order valence-electron chi connectivity index (χ0n) is 13.3. The summed E-state index contributed by atoms with van der Waals surface area (Å²) < 4.78 is 0. The van der Waals surface area contributed by atoms with Gasteiger partial charge in [-0.25, -0.2) is 0 Å². The Morgan fingerprint density at radius 1 is 1.12 bits per heavy atom. The molecule has 0 radical (unpaired) electrons. The van der Waals surface area contributed by atoms with E-state index in [0.29, 0.717) is 16.9 Å². The molecule has 0 fully saturated rings. The molecule has 25 heavy (non-hydrogen) atoms. The van der Waals surface area contributed by atoms with Crippen molar-refractivity contribution >= 4 is 29.0 Å². The van der Waals surface area contributed by atoms with Gasteiger partial charge >= 0.3 is 0 Å². The van der Waals surface area contributed by atoms with Crippen LogP contribution in [0.2, 0.25) is 0 Å². The lowest BCUT2D eigenvalue weighted by Gasteiger charge is -2.22. The Morgan fingerprint density at radius 2 is 1.84 bits per heavy atom. The Balaban J connectivity index is 1.98. The highest BCUT2D eigenvalue weighted by molar-refractivity contribution is 6.12. The molecule has 2 amide bonds. The molecule has 2 aromatic rings. The maximum atomic E-state index is 12.7. The van der Waals surface area contributed by atoms with Gasteiger partial charge in [0, 0.05) is 16.8 Å². The van der Waals surface area contributed by atoms with E-state index in [9.17, 15) is 19.5 Å². The SMILES string of the molecule is NC(=O)CN1C(=O)[C@@](O)(CC(=O)c2cccc(N)c2)c2ccccc21. The van der Waals surface area contributed by atoms with Crippen LogP contribution < -0.4 is 16.4 Å². The van der Waals surface area contributed by atoms with Gasteiger partial charge in [-0.1, -0.05) is 30.3 Å². The van der Waals surface area contributed by atoms with Crippen molar-refractivity contribution in [1.82, 2.24) is 0 Å². The van der Waals surface area contributed by atoms with Crippen LogP contribution in [0.4, 0.5) is 11.4 Å². The standard InChI is InChI=1S/C18H17N3O4/c19-12-5-3-4-11(8-12)15(22)9-18(25)13-6-1-2-7-14(13)21(17(18)24)10-16(20)23/h1-8,25H,9-10,19H2,(H2,20,23)/t18-/m1/s1. The summed E-state index contributed by atoms with van der Waals surface area (Å²) >= 11 is 0. The zero-order valence-corrected chi connectivity index (χ0v) is 13.3. The Bertz CT molecular complexity index is 880. The average Bonchev–Trinajstić information content (AvgIpc) is 2.77. The highest BCUT2D eigenvalue weighted by atomic mass is 16.3. The summed E-state index contributed by atoms with van der Waals surface area (Å²) in [5.41, 5.74) is 10.2. The van der Waals surface area contributed by atoms with Crippen LogP contribution in [-0.2, 0) is 15.2 Å². The van der Waals surface area contributed by atoms with Crippen molar-refractivity contribution in [2.75, 3.05) is 17.2 Å². The van der Waals surface area contributed by atoms with Crippen molar-refractivity contribution in [3.63, 3.8) is 0 Å². The first kappa shape index (κ1) is 16.7. The third-order valence-corrected chi connectivity index (χ3v) is 4.18. The highest BCUT2D eigenvalue weighted by Gasteiger charge is 2.51. The van der Waals surface area contributed by atoms with Crippen LogP contribution in [0, 0.1) is 0 Å². The molecule has 3 rings (SSSR count). The van der Waals surface area contributed by atoms with Crippen LogP contribution in [0.1, 0.15) is 22.3 Å². The van der Waals surface area contributed by atoms with Crippen LogP contribution in [0.15, 0.2) is 48.5 Å². The van der Waals surface area contributed by atoms with E-state index in [4.69, 9.17) is 11.5 Å². The van der Waals surface area contributed by atoms with Crippen molar-refractivity contribution < 1.29 is 19.5 Å². The lowest BCUT2D eigenvalue weighted by molar-refractivity contribution is -0.136. The van der Waals surface area contributed by atoms with Gasteiger partial charge in [-0.15, -0.1) is 0 Å². The molecule has 2 aromatic carbocycles. The predicted molar refractivity (Wildman–Crippen MR) is 91.7 cm³/mol. The fourth-order valence-electron chi connectivity index (χ4n) is 3.04. The molecule has 1 heterocycles. The summed E-state index contributed by atoms with van der Waals surface area (Å²) in [4.78, 5) is 37.7. The minimum absolute atomic E-state index is 0.276. The first-order valence-electron chi connectivity index (χ1n) is 7.64. The van der Waals surface area contributed by atoms with Crippen LogP contribution >= 0.6 is 0 Å². The van der Waals surface area contributed by atoms with E-state index in [0.717, 1.165) is 4.90 Å². The van der Waals surface area contributed by atoms with E-state index < -0.39 is 29.6 Å². The topological polar surface area (TPSA) is 127 Å². The Hall–Kier alpha value is -3.19. The molecule has 0 saturated carbocycles. The van der Waals surface area contributed by atoms with E-state index in [1.54, 1.807) is 42.5 Å². The number of nitrogen functional groups attached to an aromatic ring is 1. The lowest BCUT2D eigenvalue weighted by Crippen LogP contribution is -2.44. The Labute approximate surface area is 143 Å². The summed E-state index contributed by atoms with van der Waals surface area (Å²) in [6, 6.07) is 12.8. The fourth-order valence-corrected chi connectivity index (χ4v) is 3.04. The second-order valence-corrected chi connectivity index (χ2v) is 5.96. The number of rotatable bonds is 5. The van der Waals surface area contributed by atoms with E-state index >= 15 is 0 Å². The van der Waals surface area contributed by atoms with Crippen LogP contribution in [0.25, 0.3) is 0 Å². The van der Waals surface area contributed by atoms with Gasteiger partial charge in [0.1, 0.15) is 6.54 Å². The maximum absolute atomic E-state index is 12.7. The van der Waals surface area contributed by atoms with Gasteiger partial charge in [0.25, 0.3) is 5.91 Å². The zero-order chi connectivity index (χ0) is 18.2. The Morgan fingerprint density at radius 3 is 2.52 bits per heavy atom. The fraction of sp³-hybridized carbons (Fsp3) is 0.167. The molecule has 0 saturated heterocycles. The number of Topliss-reactive ketones (excluding diaryl/α,β-unsaturated/α-hetero) is 1. The number of carbonyl (C=O) groups is 3. The molecule has 5 N–H and O–H groups in total. The number of anilines is 2. The molecule has 0 unspecified atom stereocenters. The first-order valence-corrected chi connectivity index (χ1v) is 7.64. The predicted octanol–water partition coefficient (Wildman–Crippen LogP) is 0.561. The summed E-state index contributed by atoms with van der Waals surface area (Å²) in [6.07, 6.45) is -0.457. The van der Waals surface area contributed by atoms with Gasteiger partial charge in [-0.05, 0) is 18.2 Å². The smallest absolute Gasteiger partial charge is 0.264 e. The number of carbonyl (C=O) groups excluding carboxylic acids is 3. The monoisotopic (exact) mass is 339 g/mol. The normalized spacial score (nSPS) is 18.9. The van der Waals surface area contributed by atoms with Gasteiger partial charge < -0.3 is 16.6 Å². The number of hydrogen-bond acceptors (Lipinski definition) is 5. The second kappa shape index (κ2) is 6.03. The van der Waals surface area contributed by atoms with Crippen molar-refractivity contribution in [2.24, 2.45) is 5.73 Å². The molecule has 7 heteroatoms. The number of fused-ring (bicyclic) bond motifs is 1. The first-order chi connectivity index (χ1) is 11.8. The maximum Gasteiger partial charge on any atom is 0.264 e. The van der Waals surface area contributed by atoms with E-state index in [1.807, 2.05) is 0 Å². The molecule has 1 atom stereocenters. The number of aliphatic hydroxyl groups is 1. The molecule has 1 aliphatic heterocycles.